The van der Waals surface area contributed by atoms with E-state index in [-0.39, 0.29) is 5.54 Å². The molecule has 88 valence electrons. The lowest BCUT2D eigenvalue weighted by molar-refractivity contribution is 0.634. The zero-order chi connectivity index (χ0) is 12.3. The van der Waals surface area contributed by atoms with E-state index >= 15 is 0 Å². The number of para-hydroxylation sites is 1. The highest BCUT2D eigenvalue weighted by molar-refractivity contribution is 5.78. The van der Waals surface area contributed by atoms with Gasteiger partial charge in [-0.1, -0.05) is 48.5 Å². The van der Waals surface area contributed by atoms with Crippen molar-refractivity contribution in [3.63, 3.8) is 0 Å². The van der Waals surface area contributed by atoms with Crippen molar-refractivity contribution in [2.45, 2.75) is 26.3 Å². The van der Waals surface area contributed by atoms with Crippen LogP contribution in [-0.4, -0.2) is 5.54 Å². The molecule has 1 nitrogen and oxygen atoms in total. The zero-order valence-corrected chi connectivity index (χ0v) is 10.7. The molecule has 0 aliphatic rings. The van der Waals surface area contributed by atoms with Gasteiger partial charge in [0.2, 0.25) is 0 Å². The molecule has 0 amide bonds. The number of benzene rings is 2. The minimum Gasteiger partial charge on any atom is -0.380 e. The van der Waals surface area contributed by atoms with Gasteiger partial charge < -0.3 is 5.32 Å². The van der Waals surface area contributed by atoms with Crippen molar-refractivity contribution in [3.05, 3.63) is 54.6 Å². The molecule has 0 fully saturated rings. The second-order valence-electron chi connectivity index (χ2n) is 5.29. The second-order valence-corrected chi connectivity index (χ2v) is 5.29. The molecular weight excluding hydrogens is 206 g/mol. The molecule has 2 aromatic rings. The fourth-order valence-electron chi connectivity index (χ4n) is 1.87. The van der Waals surface area contributed by atoms with E-state index in [9.17, 15) is 0 Å². The number of hydrogen-bond donors (Lipinski definition) is 1. The average Bonchev–Trinajstić information content (AvgIpc) is 2.29. The van der Waals surface area contributed by atoms with Crippen LogP contribution in [0.1, 0.15) is 20.8 Å². The Morgan fingerprint density at radius 2 is 1.35 bits per heavy atom. The molecule has 1 heteroatoms. The molecule has 0 unspecified atom stereocenters. The summed E-state index contributed by atoms with van der Waals surface area (Å²) in [5.41, 5.74) is 3.76. The van der Waals surface area contributed by atoms with Gasteiger partial charge in [-0.3, -0.25) is 0 Å². The van der Waals surface area contributed by atoms with Crippen molar-refractivity contribution in [3.8, 4) is 11.1 Å². The molecule has 0 heterocycles. The van der Waals surface area contributed by atoms with Gasteiger partial charge in [0.15, 0.2) is 0 Å². The second kappa shape index (κ2) is 4.62. The summed E-state index contributed by atoms with van der Waals surface area (Å²) >= 11 is 0. The van der Waals surface area contributed by atoms with E-state index in [0.29, 0.717) is 0 Å². The van der Waals surface area contributed by atoms with Crippen LogP contribution in [0.15, 0.2) is 54.6 Å². The van der Waals surface area contributed by atoms with Crippen LogP contribution in [0.2, 0.25) is 0 Å². The van der Waals surface area contributed by atoms with Gasteiger partial charge >= 0.3 is 0 Å². The van der Waals surface area contributed by atoms with Crippen LogP contribution >= 0.6 is 0 Å². The van der Waals surface area contributed by atoms with Gasteiger partial charge in [0, 0.05) is 16.8 Å². The third-order valence-electron chi connectivity index (χ3n) is 2.52. The Morgan fingerprint density at radius 3 is 2.00 bits per heavy atom. The molecule has 1 N–H and O–H groups in total. The van der Waals surface area contributed by atoms with E-state index in [1.54, 1.807) is 0 Å². The van der Waals surface area contributed by atoms with Crippen molar-refractivity contribution < 1.29 is 0 Å². The molecule has 0 radical (unpaired) electrons. The number of nitrogens with one attached hydrogen (secondary N) is 1. The van der Waals surface area contributed by atoms with Gasteiger partial charge in [-0.25, -0.2) is 0 Å². The van der Waals surface area contributed by atoms with Crippen LogP contribution in [0.3, 0.4) is 0 Å². The molecule has 0 aromatic heterocycles. The summed E-state index contributed by atoms with van der Waals surface area (Å²) in [4.78, 5) is 0. The Bertz CT molecular complexity index is 480. The Balaban J connectivity index is 2.41. The Kier molecular flexibility index (Phi) is 3.19. The predicted molar refractivity (Wildman–Crippen MR) is 75.3 cm³/mol. The first-order valence-electron chi connectivity index (χ1n) is 5.99. The minimum absolute atomic E-state index is 0.0743. The Hall–Kier alpha value is -1.76. The van der Waals surface area contributed by atoms with E-state index in [0.717, 1.165) is 0 Å². The molecule has 2 rings (SSSR count). The topological polar surface area (TPSA) is 12.0 Å². The number of hydrogen-bond acceptors (Lipinski definition) is 1. The first kappa shape index (κ1) is 11.7. The summed E-state index contributed by atoms with van der Waals surface area (Å²) in [6.45, 7) is 6.53. The van der Waals surface area contributed by atoms with Crippen molar-refractivity contribution in [2.24, 2.45) is 0 Å². The molecule has 0 spiro atoms. The predicted octanol–water partition coefficient (Wildman–Crippen LogP) is 4.56. The van der Waals surface area contributed by atoms with E-state index in [1.807, 2.05) is 6.07 Å². The average molecular weight is 225 g/mol. The van der Waals surface area contributed by atoms with Gasteiger partial charge in [-0.15, -0.1) is 0 Å². The lowest BCUT2D eigenvalue weighted by atomic mass is 10.0. The first-order valence-corrected chi connectivity index (χ1v) is 5.99. The van der Waals surface area contributed by atoms with Gasteiger partial charge in [-0.05, 0) is 32.4 Å². The van der Waals surface area contributed by atoms with Crippen LogP contribution in [0, 0.1) is 0 Å². The lowest BCUT2D eigenvalue weighted by Gasteiger charge is -2.24. The zero-order valence-electron chi connectivity index (χ0n) is 10.7. The number of anilines is 1. The standard InChI is InChI=1S/C16H19N/c1-16(2,3)17-15-12-8-7-11-14(15)13-9-5-4-6-10-13/h4-12,17H,1-3H3. The molecule has 0 saturated heterocycles. The molecular formula is C16H19N. The SMILES string of the molecule is CC(C)(C)Nc1ccccc1-c1ccccc1. The van der Waals surface area contributed by atoms with Gasteiger partial charge in [0.05, 0.1) is 0 Å². The van der Waals surface area contributed by atoms with Crippen molar-refractivity contribution >= 4 is 5.69 Å². The quantitative estimate of drug-likeness (QED) is 0.789. The summed E-state index contributed by atoms with van der Waals surface area (Å²) in [6, 6.07) is 18.9. The third kappa shape index (κ3) is 3.10. The number of rotatable bonds is 2. The highest BCUT2D eigenvalue weighted by atomic mass is 15.0. The summed E-state index contributed by atoms with van der Waals surface area (Å²) < 4.78 is 0. The minimum atomic E-state index is 0.0743. The summed E-state index contributed by atoms with van der Waals surface area (Å²) in [5, 5.41) is 3.55. The first-order chi connectivity index (χ1) is 8.06. The maximum atomic E-state index is 3.55. The van der Waals surface area contributed by atoms with Gasteiger partial charge in [0.1, 0.15) is 0 Å². The molecule has 2 aromatic carbocycles. The molecule has 0 aliphatic heterocycles. The van der Waals surface area contributed by atoms with Crippen molar-refractivity contribution in [1.82, 2.24) is 0 Å². The summed E-state index contributed by atoms with van der Waals surface area (Å²) in [6.07, 6.45) is 0. The van der Waals surface area contributed by atoms with E-state index in [4.69, 9.17) is 0 Å². The molecule has 0 saturated carbocycles. The van der Waals surface area contributed by atoms with Gasteiger partial charge in [0.25, 0.3) is 0 Å². The Morgan fingerprint density at radius 1 is 0.765 bits per heavy atom. The van der Waals surface area contributed by atoms with Crippen molar-refractivity contribution in [1.29, 1.82) is 0 Å². The molecule has 0 atom stereocenters. The largest absolute Gasteiger partial charge is 0.380 e. The monoisotopic (exact) mass is 225 g/mol. The van der Waals surface area contributed by atoms with Crippen LogP contribution < -0.4 is 5.32 Å². The maximum Gasteiger partial charge on any atom is 0.0423 e. The molecule has 0 aliphatic carbocycles. The Labute approximate surface area is 103 Å². The highest BCUT2D eigenvalue weighted by Crippen LogP contribution is 2.29. The summed E-state index contributed by atoms with van der Waals surface area (Å²) in [5.74, 6) is 0. The van der Waals surface area contributed by atoms with Crippen LogP contribution in [-0.2, 0) is 0 Å². The van der Waals surface area contributed by atoms with Crippen molar-refractivity contribution in [2.75, 3.05) is 5.32 Å². The third-order valence-corrected chi connectivity index (χ3v) is 2.52. The maximum absolute atomic E-state index is 3.55. The summed E-state index contributed by atoms with van der Waals surface area (Å²) in [7, 11) is 0. The lowest BCUT2D eigenvalue weighted by Crippen LogP contribution is -2.26. The normalized spacial score (nSPS) is 11.2. The van der Waals surface area contributed by atoms with Gasteiger partial charge in [-0.2, -0.15) is 0 Å². The van der Waals surface area contributed by atoms with Crippen LogP contribution in [0.25, 0.3) is 11.1 Å². The van der Waals surface area contributed by atoms with E-state index in [1.165, 1.54) is 16.8 Å². The van der Waals surface area contributed by atoms with Crippen LogP contribution in [0.5, 0.6) is 0 Å². The van der Waals surface area contributed by atoms with E-state index < -0.39 is 0 Å². The molecule has 17 heavy (non-hydrogen) atoms. The molecule has 0 bridgehead atoms. The fourth-order valence-corrected chi connectivity index (χ4v) is 1.87. The van der Waals surface area contributed by atoms with Crippen LogP contribution in [0.4, 0.5) is 5.69 Å². The van der Waals surface area contributed by atoms with E-state index in [2.05, 4.69) is 74.6 Å². The highest BCUT2D eigenvalue weighted by Gasteiger charge is 2.12. The smallest absolute Gasteiger partial charge is 0.0423 e. The fraction of sp³-hybridized carbons (Fsp3) is 0.250.